The summed E-state index contributed by atoms with van der Waals surface area (Å²) in [5.74, 6) is 1.90. The minimum Gasteiger partial charge on any atom is -0.359 e. The highest BCUT2D eigenvalue weighted by Gasteiger charge is 2.08. The lowest BCUT2D eigenvalue weighted by molar-refractivity contribution is 0.372. The summed E-state index contributed by atoms with van der Waals surface area (Å²) in [4.78, 5) is 9.01. The van der Waals surface area contributed by atoms with Gasteiger partial charge in [0.25, 0.3) is 0 Å². The minimum atomic E-state index is 0. The number of aliphatic imine (C=N–C) groups is 1. The number of hydrogen-bond donors (Lipinski definition) is 2. The Hall–Kier alpha value is -1.64. The molecular weight excluding hydrogens is 417 g/mol. The molecule has 132 valence electrons. The van der Waals surface area contributed by atoms with Gasteiger partial charge in [0, 0.05) is 18.3 Å². The van der Waals surface area contributed by atoms with Crippen LogP contribution in [0.5, 0.6) is 0 Å². The second kappa shape index (κ2) is 10.3. The molecule has 0 saturated carbocycles. The Kier molecular flexibility index (Phi) is 8.73. The van der Waals surface area contributed by atoms with E-state index in [4.69, 9.17) is 4.52 Å². The molecule has 0 fully saturated rings. The summed E-state index contributed by atoms with van der Waals surface area (Å²) in [6, 6.07) is 7.93. The normalized spacial score (nSPS) is 11.3. The first kappa shape index (κ1) is 20.4. The number of halogens is 1. The summed E-state index contributed by atoms with van der Waals surface area (Å²) in [5, 5.41) is 10.5. The topological polar surface area (TPSA) is 75.3 Å². The summed E-state index contributed by atoms with van der Waals surface area (Å²) in [7, 11) is 0. The summed E-state index contributed by atoms with van der Waals surface area (Å²) in [6.07, 6.45) is 0. The van der Waals surface area contributed by atoms with Crippen molar-refractivity contribution in [3.05, 3.63) is 47.1 Å². The zero-order chi connectivity index (χ0) is 16.7. The molecule has 0 aliphatic rings. The lowest BCUT2D eigenvalue weighted by atomic mass is 10.1. The molecule has 24 heavy (non-hydrogen) atoms. The van der Waals surface area contributed by atoms with Gasteiger partial charge in [0.1, 0.15) is 0 Å². The number of nitrogens with one attached hydrogen (secondary N) is 2. The van der Waals surface area contributed by atoms with Crippen molar-refractivity contribution in [1.82, 2.24) is 20.8 Å². The fourth-order valence-electron chi connectivity index (χ4n) is 2.04. The van der Waals surface area contributed by atoms with Crippen LogP contribution in [0.3, 0.4) is 0 Å². The number of pyridine rings is 1. The zero-order valence-corrected chi connectivity index (χ0v) is 17.0. The average molecular weight is 443 g/mol. The summed E-state index contributed by atoms with van der Waals surface area (Å²) < 4.78 is 5.33. The van der Waals surface area contributed by atoms with Gasteiger partial charge in [-0.1, -0.05) is 25.1 Å². The highest BCUT2D eigenvalue weighted by molar-refractivity contribution is 14.0. The van der Waals surface area contributed by atoms with Crippen LogP contribution in [0.25, 0.3) is 0 Å². The van der Waals surface area contributed by atoms with Crippen LogP contribution >= 0.6 is 24.0 Å². The van der Waals surface area contributed by atoms with Crippen molar-refractivity contribution in [2.45, 2.75) is 46.7 Å². The third-order valence-electron chi connectivity index (χ3n) is 3.29. The monoisotopic (exact) mass is 443 g/mol. The minimum absolute atomic E-state index is 0. The number of guanidine groups is 1. The van der Waals surface area contributed by atoms with Crippen molar-refractivity contribution in [2.75, 3.05) is 6.54 Å². The van der Waals surface area contributed by atoms with Crippen molar-refractivity contribution < 1.29 is 4.52 Å². The van der Waals surface area contributed by atoms with Crippen LogP contribution in [0.2, 0.25) is 0 Å². The summed E-state index contributed by atoms with van der Waals surface area (Å²) in [5.41, 5.74) is 2.91. The van der Waals surface area contributed by atoms with Gasteiger partial charge in [-0.3, -0.25) is 4.98 Å². The van der Waals surface area contributed by atoms with Gasteiger partial charge in [0.05, 0.1) is 24.5 Å². The van der Waals surface area contributed by atoms with E-state index in [0.717, 1.165) is 35.3 Å². The van der Waals surface area contributed by atoms with E-state index in [0.29, 0.717) is 19.0 Å². The smallest absolute Gasteiger partial charge is 0.192 e. The van der Waals surface area contributed by atoms with Gasteiger partial charge < -0.3 is 15.2 Å². The Morgan fingerprint density at radius 3 is 2.71 bits per heavy atom. The maximum Gasteiger partial charge on any atom is 0.192 e. The van der Waals surface area contributed by atoms with Crippen LogP contribution in [0.1, 0.15) is 49.5 Å². The summed E-state index contributed by atoms with van der Waals surface area (Å²) in [6.45, 7) is 10.1. The third-order valence-corrected chi connectivity index (χ3v) is 3.29. The molecule has 2 aromatic heterocycles. The fraction of sp³-hybridized carbons (Fsp3) is 0.471. The van der Waals surface area contributed by atoms with E-state index in [2.05, 4.69) is 39.6 Å². The highest BCUT2D eigenvalue weighted by Crippen LogP contribution is 2.13. The van der Waals surface area contributed by atoms with E-state index in [1.807, 2.05) is 38.1 Å². The second-order valence-corrected chi connectivity index (χ2v) is 5.69. The van der Waals surface area contributed by atoms with Crippen molar-refractivity contribution >= 4 is 29.9 Å². The van der Waals surface area contributed by atoms with E-state index in [1.54, 1.807) is 0 Å². The molecule has 6 nitrogen and oxygen atoms in total. The lowest BCUT2D eigenvalue weighted by Crippen LogP contribution is -2.36. The number of rotatable bonds is 6. The van der Waals surface area contributed by atoms with Crippen LogP contribution in [0.15, 0.2) is 33.8 Å². The molecular formula is C17H26IN5O. The average Bonchev–Trinajstić information content (AvgIpc) is 2.99. The Bertz CT molecular complexity index is 654. The van der Waals surface area contributed by atoms with Gasteiger partial charge in [-0.25, -0.2) is 4.99 Å². The standard InChI is InChI=1S/C17H25N5O.HI/c1-5-18-17(19-10-14-8-6-7-13(4)21-14)20-11-15-9-16(12(2)3)22-23-15;/h6-9,12H,5,10-11H2,1-4H3,(H2,18,19,20);1H. The maximum atomic E-state index is 5.33. The first-order valence-corrected chi connectivity index (χ1v) is 7.98. The number of nitrogens with zero attached hydrogens (tertiary/aromatic N) is 3. The Balaban J connectivity index is 0.00000288. The van der Waals surface area contributed by atoms with Crippen molar-refractivity contribution in [2.24, 2.45) is 4.99 Å². The van der Waals surface area contributed by atoms with E-state index < -0.39 is 0 Å². The maximum absolute atomic E-state index is 5.33. The number of aromatic nitrogens is 2. The molecule has 0 radical (unpaired) electrons. The molecule has 2 heterocycles. The van der Waals surface area contributed by atoms with E-state index in [9.17, 15) is 0 Å². The van der Waals surface area contributed by atoms with E-state index in [1.165, 1.54) is 0 Å². The molecule has 0 aliphatic carbocycles. The van der Waals surface area contributed by atoms with Gasteiger partial charge in [-0.2, -0.15) is 0 Å². The van der Waals surface area contributed by atoms with Crippen LogP contribution in [0.4, 0.5) is 0 Å². The van der Waals surface area contributed by atoms with Gasteiger partial charge in [-0.15, -0.1) is 24.0 Å². The first-order chi connectivity index (χ1) is 11.1. The molecule has 0 amide bonds. The quantitative estimate of drug-likeness (QED) is 0.407. The summed E-state index contributed by atoms with van der Waals surface area (Å²) >= 11 is 0. The van der Waals surface area contributed by atoms with Crippen LogP contribution in [0, 0.1) is 6.92 Å². The second-order valence-electron chi connectivity index (χ2n) is 5.69. The first-order valence-electron chi connectivity index (χ1n) is 7.98. The highest BCUT2D eigenvalue weighted by atomic mass is 127. The third kappa shape index (κ3) is 6.46. The van der Waals surface area contributed by atoms with Gasteiger partial charge in [0.15, 0.2) is 11.7 Å². The molecule has 2 rings (SSSR count). The van der Waals surface area contributed by atoms with Crippen LogP contribution < -0.4 is 10.6 Å². The molecule has 7 heteroatoms. The largest absolute Gasteiger partial charge is 0.359 e. The van der Waals surface area contributed by atoms with Crippen molar-refractivity contribution in [3.63, 3.8) is 0 Å². The van der Waals surface area contributed by atoms with Gasteiger partial charge >= 0.3 is 0 Å². The SMILES string of the molecule is CCNC(=NCc1cccc(C)n1)NCc1cc(C(C)C)no1.I. The predicted molar refractivity (Wildman–Crippen MR) is 107 cm³/mol. The molecule has 0 unspecified atom stereocenters. The molecule has 0 aromatic carbocycles. The Morgan fingerprint density at radius 1 is 1.29 bits per heavy atom. The zero-order valence-electron chi connectivity index (χ0n) is 14.7. The molecule has 0 aliphatic heterocycles. The molecule has 0 spiro atoms. The van der Waals surface area contributed by atoms with Gasteiger partial charge in [0.2, 0.25) is 0 Å². The molecule has 2 aromatic rings. The van der Waals surface area contributed by atoms with E-state index >= 15 is 0 Å². The molecule has 2 N–H and O–H groups in total. The van der Waals surface area contributed by atoms with Gasteiger partial charge in [-0.05, 0) is 31.9 Å². The Morgan fingerprint density at radius 2 is 2.08 bits per heavy atom. The lowest BCUT2D eigenvalue weighted by Gasteiger charge is -2.09. The van der Waals surface area contributed by atoms with Crippen molar-refractivity contribution in [3.8, 4) is 0 Å². The molecule has 0 saturated heterocycles. The number of aryl methyl sites for hydroxylation is 1. The fourth-order valence-corrected chi connectivity index (χ4v) is 2.04. The predicted octanol–water partition coefficient (Wildman–Crippen LogP) is 3.37. The van der Waals surface area contributed by atoms with Crippen LogP contribution in [-0.4, -0.2) is 22.6 Å². The number of hydrogen-bond acceptors (Lipinski definition) is 4. The van der Waals surface area contributed by atoms with Crippen LogP contribution in [-0.2, 0) is 13.1 Å². The Labute approximate surface area is 160 Å². The molecule has 0 atom stereocenters. The van der Waals surface area contributed by atoms with E-state index in [-0.39, 0.29) is 24.0 Å². The molecule has 0 bridgehead atoms. The van der Waals surface area contributed by atoms with Crippen molar-refractivity contribution in [1.29, 1.82) is 0 Å².